The lowest BCUT2D eigenvalue weighted by molar-refractivity contribution is -0.118. The number of para-hydroxylation sites is 1. The van der Waals surface area contributed by atoms with Gasteiger partial charge < -0.3 is 10.2 Å². The van der Waals surface area contributed by atoms with Crippen LogP contribution in [-0.2, 0) is 10.5 Å². The van der Waals surface area contributed by atoms with Crippen molar-refractivity contribution in [1.29, 1.82) is 0 Å². The zero-order chi connectivity index (χ0) is 17.2. The molecule has 2 aromatic carbocycles. The summed E-state index contributed by atoms with van der Waals surface area (Å²) in [5, 5.41) is 2.99. The minimum atomic E-state index is 0.111. The number of anilines is 1. The van der Waals surface area contributed by atoms with Crippen LogP contribution >= 0.6 is 27.7 Å². The van der Waals surface area contributed by atoms with Gasteiger partial charge >= 0.3 is 0 Å². The van der Waals surface area contributed by atoms with Gasteiger partial charge in [-0.3, -0.25) is 4.79 Å². The Hall–Kier alpha value is -1.46. The maximum Gasteiger partial charge on any atom is 0.230 e. The zero-order valence-electron chi connectivity index (χ0n) is 13.9. The molecular weight excluding hydrogens is 384 g/mol. The molecule has 0 saturated heterocycles. The highest BCUT2D eigenvalue weighted by molar-refractivity contribution is 9.10. The van der Waals surface area contributed by atoms with E-state index in [0.717, 1.165) is 29.7 Å². The second-order valence-corrected chi connectivity index (χ2v) is 7.48. The van der Waals surface area contributed by atoms with Crippen LogP contribution in [0.5, 0.6) is 0 Å². The molecule has 128 valence electrons. The predicted molar refractivity (Wildman–Crippen MR) is 108 cm³/mol. The largest absolute Gasteiger partial charge is 0.375 e. The van der Waals surface area contributed by atoms with Crippen LogP contribution in [0.15, 0.2) is 59.1 Å². The summed E-state index contributed by atoms with van der Waals surface area (Å²) < 4.78 is 1.08. The number of carbonyl (C=O) groups excluding carboxylic acids is 1. The molecule has 0 spiro atoms. The zero-order valence-corrected chi connectivity index (χ0v) is 16.3. The van der Waals surface area contributed by atoms with Gasteiger partial charge in [-0.1, -0.05) is 46.3 Å². The highest BCUT2D eigenvalue weighted by atomic mass is 79.9. The number of amides is 1. The van der Waals surface area contributed by atoms with Gasteiger partial charge in [0.25, 0.3) is 0 Å². The molecular formula is C19H23BrN2OS. The number of rotatable bonds is 9. The number of halogens is 1. The van der Waals surface area contributed by atoms with E-state index in [1.807, 2.05) is 30.3 Å². The molecule has 0 unspecified atom stereocenters. The van der Waals surface area contributed by atoms with Gasteiger partial charge in [-0.2, -0.15) is 0 Å². The molecule has 1 amide bonds. The molecule has 5 heteroatoms. The molecule has 0 heterocycles. The van der Waals surface area contributed by atoms with E-state index >= 15 is 0 Å². The van der Waals surface area contributed by atoms with Crippen LogP contribution < -0.4 is 10.2 Å². The van der Waals surface area contributed by atoms with Crippen LogP contribution in [0, 0.1) is 0 Å². The summed E-state index contributed by atoms with van der Waals surface area (Å²) in [6.45, 7) is 1.64. The fourth-order valence-corrected chi connectivity index (χ4v) is 3.33. The van der Waals surface area contributed by atoms with Crippen LogP contribution in [-0.4, -0.2) is 31.8 Å². The van der Waals surface area contributed by atoms with Crippen molar-refractivity contribution in [2.24, 2.45) is 0 Å². The highest BCUT2D eigenvalue weighted by Crippen LogP contribution is 2.15. The second-order valence-electron chi connectivity index (χ2n) is 5.58. The molecule has 2 rings (SSSR count). The van der Waals surface area contributed by atoms with Gasteiger partial charge in [0.05, 0.1) is 5.75 Å². The normalized spacial score (nSPS) is 10.4. The molecule has 0 bridgehead atoms. The fourth-order valence-electron chi connectivity index (χ4n) is 2.25. The van der Waals surface area contributed by atoms with E-state index in [0.29, 0.717) is 5.75 Å². The number of carbonyl (C=O) groups is 1. The van der Waals surface area contributed by atoms with E-state index < -0.39 is 0 Å². The SMILES string of the molecule is CN(CCCNC(=O)CSCc1ccc(Br)cc1)c1ccccc1. The predicted octanol–water partition coefficient (Wildman–Crippen LogP) is 4.33. The van der Waals surface area contributed by atoms with E-state index in [1.165, 1.54) is 11.3 Å². The summed E-state index contributed by atoms with van der Waals surface area (Å²) in [4.78, 5) is 14.1. The Morgan fingerprint density at radius 1 is 1.12 bits per heavy atom. The molecule has 0 aliphatic heterocycles. The lowest BCUT2D eigenvalue weighted by Gasteiger charge is -2.19. The average Bonchev–Trinajstić information content (AvgIpc) is 2.61. The topological polar surface area (TPSA) is 32.3 Å². The molecule has 0 atom stereocenters. The van der Waals surface area contributed by atoms with Crippen LogP contribution in [0.3, 0.4) is 0 Å². The number of hydrogen-bond acceptors (Lipinski definition) is 3. The minimum Gasteiger partial charge on any atom is -0.375 e. The van der Waals surface area contributed by atoms with Crippen LogP contribution in [0.1, 0.15) is 12.0 Å². The van der Waals surface area contributed by atoms with Gasteiger partial charge in [0.1, 0.15) is 0 Å². The van der Waals surface area contributed by atoms with Gasteiger partial charge in [0.15, 0.2) is 0 Å². The molecule has 3 nitrogen and oxygen atoms in total. The number of hydrogen-bond donors (Lipinski definition) is 1. The Labute approximate surface area is 157 Å². The van der Waals surface area contributed by atoms with E-state index in [2.05, 4.69) is 57.5 Å². The molecule has 0 fully saturated rings. The number of benzene rings is 2. The summed E-state index contributed by atoms with van der Waals surface area (Å²) in [5.74, 6) is 1.47. The first-order valence-electron chi connectivity index (χ1n) is 8.00. The summed E-state index contributed by atoms with van der Waals surface area (Å²) in [7, 11) is 2.07. The first-order valence-corrected chi connectivity index (χ1v) is 9.95. The van der Waals surface area contributed by atoms with Crippen molar-refractivity contribution in [3.05, 3.63) is 64.6 Å². The minimum absolute atomic E-state index is 0.111. The van der Waals surface area contributed by atoms with Crippen molar-refractivity contribution < 1.29 is 4.79 Å². The Morgan fingerprint density at radius 2 is 1.83 bits per heavy atom. The average molecular weight is 407 g/mol. The molecule has 0 radical (unpaired) electrons. The van der Waals surface area contributed by atoms with Gasteiger partial charge in [-0.05, 0) is 36.2 Å². The van der Waals surface area contributed by atoms with Crippen molar-refractivity contribution in [1.82, 2.24) is 5.32 Å². The molecule has 0 aliphatic carbocycles. The van der Waals surface area contributed by atoms with Crippen LogP contribution in [0.25, 0.3) is 0 Å². The Morgan fingerprint density at radius 3 is 2.54 bits per heavy atom. The van der Waals surface area contributed by atoms with E-state index in [-0.39, 0.29) is 5.91 Å². The third-order valence-electron chi connectivity index (χ3n) is 3.60. The van der Waals surface area contributed by atoms with Crippen molar-refractivity contribution >= 4 is 39.3 Å². The third-order valence-corrected chi connectivity index (χ3v) is 5.14. The number of nitrogens with zero attached hydrogens (tertiary/aromatic N) is 1. The Balaban J connectivity index is 1.56. The first-order chi connectivity index (χ1) is 11.6. The maximum atomic E-state index is 11.8. The summed E-state index contributed by atoms with van der Waals surface area (Å²) in [5.41, 5.74) is 2.44. The summed E-state index contributed by atoms with van der Waals surface area (Å²) in [6.07, 6.45) is 0.939. The van der Waals surface area contributed by atoms with Crippen LogP contribution in [0.2, 0.25) is 0 Å². The van der Waals surface area contributed by atoms with E-state index in [1.54, 1.807) is 11.8 Å². The molecule has 0 aliphatic rings. The quantitative estimate of drug-likeness (QED) is 0.629. The summed E-state index contributed by atoms with van der Waals surface area (Å²) >= 11 is 5.07. The monoisotopic (exact) mass is 406 g/mol. The maximum absolute atomic E-state index is 11.8. The number of thioether (sulfide) groups is 1. The van der Waals surface area contributed by atoms with Gasteiger partial charge in [0, 0.05) is 36.1 Å². The second kappa shape index (κ2) is 10.4. The van der Waals surface area contributed by atoms with Gasteiger partial charge in [-0.15, -0.1) is 11.8 Å². The van der Waals surface area contributed by atoms with Crippen molar-refractivity contribution in [2.45, 2.75) is 12.2 Å². The summed E-state index contributed by atoms with van der Waals surface area (Å²) in [6, 6.07) is 18.5. The highest BCUT2D eigenvalue weighted by Gasteiger charge is 2.03. The van der Waals surface area contributed by atoms with Gasteiger partial charge in [-0.25, -0.2) is 0 Å². The molecule has 1 N–H and O–H groups in total. The molecule has 0 saturated carbocycles. The van der Waals surface area contributed by atoms with Crippen molar-refractivity contribution in [3.8, 4) is 0 Å². The smallest absolute Gasteiger partial charge is 0.230 e. The van der Waals surface area contributed by atoms with E-state index in [9.17, 15) is 4.79 Å². The van der Waals surface area contributed by atoms with Crippen molar-refractivity contribution in [3.63, 3.8) is 0 Å². The Kier molecular flexibility index (Phi) is 8.19. The standard InChI is InChI=1S/C19H23BrN2OS/c1-22(18-6-3-2-4-7-18)13-5-12-21-19(23)15-24-14-16-8-10-17(20)11-9-16/h2-4,6-11H,5,12-15H2,1H3,(H,21,23). The fraction of sp³-hybridized carbons (Fsp3) is 0.316. The lowest BCUT2D eigenvalue weighted by Crippen LogP contribution is -2.29. The van der Waals surface area contributed by atoms with E-state index in [4.69, 9.17) is 0 Å². The first kappa shape index (κ1) is 18.9. The number of nitrogens with one attached hydrogen (secondary N) is 1. The molecule has 0 aromatic heterocycles. The third kappa shape index (κ3) is 6.97. The van der Waals surface area contributed by atoms with Crippen molar-refractivity contribution in [2.75, 3.05) is 30.8 Å². The molecule has 2 aromatic rings. The van der Waals surface area contributed by atoms with Crippen LogP contribution in [0.4, 0.5) is 5.69 Å². The molecule has 24 heavy (non-hydrogen) atoms. The Bertz CT molecular complexity index is 619. The van der Waals surface area contributed by atoms with Gasteiger partial charge in [0.2, 0.25) is 5.91 Å². The lowest BCUT2D eigenvalue weighted by atomic mass is 10.2.